The summed E-state index contributed by atoms with van der Waals surface area (Å²) in [5, 5.41) is 23.7. The van der Waals surface area contributed by atoms with Gasteiger partial charge in [0.1, 0.15) is 36.5 Å². The van der Waals surface area contributed by atoms with Crippen LogP contribution in [-0.4, -0.2) is 88.6 Å². The molecule has 0 aromatic heterocycles. The molecule has 4 heterocycles. The van der Waals surface area contributed by atoms with E-state index in [0.717, 1.165) is 29.7 Å². The SMILES string of the molecule is NC(=O)NCC#Cc1ccc2c(c1)[C@]1(C(=O)N2C(=O)OCc2ccc([N+](=O)[O-])cc2)[C@H](c2cccc(OCCO)c2)N2[C@H](c3ccccc3)[C@H](c3ccccc3)OC(=O)[C@H]2[C@@H]1C(=O)N1CCCCCCC1. The molecule has 4 N–H and O–H groups in total. The second-order valence-corrected chi connectivity index (χ2v) is 17.9. The number of ether oxygens (including phenoxy) is 3. The number of rotatable bonds is 11. The van der Waals surface area contributed by atoms with Crippen molar-refractivity contribution in [1.82, 2.24) is 15.1 Å². The number of hydrogen-bond acceptors (Lipinski definition) is 12. The van der Waals surface area contributed by atoms with E-state index in [9.17, 15) is 24.8 Å². The standard InChI is InChI=1S/C54H52N6O11/c55-52(65)56-27-13-14-35-23-26-43-42(32-35)54(51(64)58(43)53(66)70-34-36-21-24-40(25-22-36)60(67)68)44(49(62)57-28-10-2-1-3-11-29-57)46-50(63)71-47(38-17-8-5-9-18-38)45(37-15-6-4-7-16-37)59(46)48(54)39-19-12-20-41(33-39)69-31-30-61/h4-9,12,15-26,32-33,44-48,61H,1-3,10-11,27-31,34H2,(H3,55,56,65)/t44-,45-,46-,47+,48+,54-/m1/s1. The van der Waals surface area contributed by atoms with Crippen LogP contribution in [0.15, 0.2) is 127 Å². The molecule has 0 radical (unpaired) electrons. The number of hydrogen-bond donors (Lipinski definition) is 3. The number of imide groups is 1. The predicted molar refractivity (Wildman–Crippen MR) is 258 cm³/mol. The van der Waals surface area contributed by atoms with Gasteiger partial charge in [-0.2, -0.15) is 0 Å². The molecule has 4 aliphatic rings. The van der Waals surface area contributed by atoms with E-state index in [0.29, 0.717) is 53.9 Å². The van der Waals surface area contributed by atoms with Crippen LogP contribution in [0.3, 0.4) is 0 Å². The number of nitro benzene ring substituents is 1. The minimum atomic E-state index is -2.11. The van der Waals surface area contributed by atoms with Crippen molar-refractivity contribution in [2.24, 2.45) is 11.7 Å². The van der Waals surface area contributed by atoms with Crippen LogP contribution in [0.1, 0.15) is 83.7 Å². The first kappa shape index (κ1) is 48.0. The van der Waals surface area contributed by atoms with Crippen molar-refractivity contribution in [3.63, 3.8) is 0 Å². The van der Waals surface area contributed by atoms with Crippen molar-refractivity contribution < 1.29 is 48.2 Å². The number of morpholine rings is 1. The molecule has 364 valence electrons. The molecule has 5 aromatic carbocycles. The Balaban J connectivity index is 1.32. The summed E-state index contributed by atoms with van der Waals surface area (Å²) in [6.07, 6.45) is 2.06. The second-order valence-electron chi connectivity index (χ2n) is 17.9. The van der Waals surface area contributed by atoms with Crippen LogP contribution in [0.2, 0.25) is 0 Å². The Bertz CT molecular complexity index is 2880. The van der Waals surface area contributed by atoms with Crippen LogP contribution >= 0.6 is 0 Å². The van der Waals surface area contributed by atoms with Gasteiger partial charge in [0.15, 0.2) is 0 Å². The number of carbonyl (C=O) groups excluding carboxylic acids is 5. The molecule has 5 aromatic rings. The number of amides is 5. The molecule has 0 aliphatic carbocycles. The molecule has 17 nitrogen and oxygen atoms in total. The van der Waals surface area contributed by atoms with Crippen molar-refractivity contribution in [3.05, 3.63) is 171 Å². The highest BCUT2D eigenvalue weighted by atomic mass is 16.6. The van der Waals surface area contributed by atoms with Crippen LogP contribution in [0.25, 0.3) is 0 Å². The summed E-state index contributed by atoms with van der Waals surface area (Å²) in [6, 6.07) is 31.6. The van der Waals surface area contributed by atoms with E-state index in [1.54, 1.807) is 47.4 Å². The minimum Gasteiger partial charge on any atom is -0.491 e. The van der Waals surface area contributed by atoms with Crippen molar-refractivity contribution in [1.29, 1.82) is 0 Å². The lowest BCUT2D eigenvalue weighted by Gasteiger charge is -2.46. The number of urea groups is 1. The molecule has 3 saturated heterocycles. The number of non-ortho nitro benzene ring substituents is 1. The van der Waals surface area contributed by atoms with Crippen LogP contribution in [-0.2, 0) is 35.9 Å². The number of fused-ring (bicyclic) bond motifs is 3. The number of nitrogens with two attached hydrogens (primary N) is 1. The number of esters is 1. The molecular formula is C54H52N6O11. The number of primary amides is 1. The van der Waals surface area contributed by atoms with E-state index >= 15 is 14.4 Å². The Hall–Kier alpha value is -8.07. The topological polar surface area (TPSA) is 224 Å². The summed E-state index contributed by atoms with van der Waals surface area (Å²) in [5.41, 5.74) is 5.95. The normalized spacial score (nSPS) is 22.7. The van der Waals surface area contributed by atoms with Gasteiger partial charge in [0.05, 0.1) is 41.8 Å². The van der Waals surface area contributed by atoms with Gasteiger partial charge in [-0.25, -0.2) is 14.5 Å². The number of nitrogens with zero attached hydrogens (tertiary/aromatic N) is 4. The van der Waals surface area contributed by atoms with E-state index in [2.05, 4.69) is 17.2 Å². The Labute approximate surface area is 409 Å². The quantitative estimate of drug-likeness (QED) is 0.0539. The molecule has 1 spiro atoms. The largest absolute Gasteiger partial charge is 0.491 e. The lowest BCUT2D eigenvalue weighted by atomic mass is 9.64. The smallest absolute Gasteiger partial charge is 0.421 e. The molecule has 71 heavy (non-hydrogen) atoms. The van der Waals surface area contributed by atoms with Gasteiger partial charge in [-0.1, -0.05) is 104 Å². The van der Waals surface area contributed by atoms with Gasteiger partial charge < -0.3 is 35.3 Å². The highest BCUT2D eigenvalue weighted by Gasteiger charge is 2.76. The number of carbonyl (C=O) groups is 5. The first-order valence-electron chi connectivity index (χ1n) is 23.6. The molecule has 0 bridgehead atoms. The molecule has 3 fully saturated rings. The molecule has 0 saturated carbocycles. The van der Waals surface area contributed by atoms with Gasteiger partial charge >= 0.3 is 18.1 Å². The summed E-state index contributed by atoms with van der Waals surface area (Å²) in [6.45, 7) is -0.119. The predicted octanol–water partition coefficient (Wildman–Crippen LogP) is 6.78. The average Bonchev–Trinajstić information content (AvgIpc) is 3.83. The zero-order chi connectivity index (χ0) is 49.6. The van der Waals surface area contributed by atoms with E-state index in [1.165, 1.54) is 24.3 Å². The fourth-order valence-corrected chi connectivity index (χ4v) is 10.7. The van der Waals surface area contributed by atoms with Crippen molar-refractivity contribution in [3.8, 4) is 17.6 Å². The molecule has 6 atom stereocenters. The Morgan fingerprint density at radius 2 is 1.51 bits per heavy atom. The van der Waals surface area contributed by atoms with Crippen molar-refractivity contribution in [2.45, 2.75) is 68.4 Å². The van der Waals surface area contributed by atoms with E-state index in [-0.39, 0.29) is 43.3 Å². The third kappa shape index (κ3) is 9.27. The maximum Gasteiger partial charge on any atom is 0.421 e. The van der Waals surface area contributed by atoms with E-state index < -0.39 is 70.4 Å². The minimum absolute atomic E-state index is 0.0560. The fraction of sp³-hybridized carbons (Fsp3) is 0.315. The number of benzene rings is 5. The van der Waals surface area contributed by atoms with Gasteiger partial charge in [-0.15, -0.1) is 0 Å². The summed E-state index contributed by atoms with van der Waals surface area (Å²) >= 11 is 0. The summed E-state index contributed by atoms with van der Waals surface area (Å²) in [7, 11) is 0. The first-order valence-corrected chi connectivity index (χ1v) is 23.6. The van der Waals surface area contributed by atoms with Crippen molar-refractivity contribution >= 4 is 41.3 Å². The second kappa shape index (κ2) is 20.9. The number of aliphatic hydroxyl groups is 1. The molecule has 5 amide bonds. The molecule has 9 rings (SSSR count). The van der Waals surface area contributed by atoms with Crippen LogP contribution in [0.5, 0.6) is 5.75 Å². The molecular weight excluding hydrogens is 909 g/mol. The Morgan fingerprint density at radius 1 is 0.831 bits per heavy atom. The molecule has 17 heteroatoms. The monoisotopic (exact) mass is 960 g/mol. The fourth-order valence-electron chi connectivity index (χ4n) is 10.7. The Kier molecular flexibility index (Phi) is 14.1. The summed E-state index contributed by atoms with van der Waals surface area (Å²) in [4.78, 5) is 90.3. The van der Waals surface area contributed by atoms with Gasteiger partial charge in [-0.05, 0) is 83.1 Å². The van der Waals surface area contributed by atoms with E-state index in [1.807, 2.05) is 65.6 Å². The zero-order valence-electron chi connectivity index (χ0n) is 38.7. The van der Waals surface area contributed by atoms with Crippen LogP contribution < -0.4 is 20.7 Å². The van der Waals surface area contributed by atoms with Crippen molar-refractivity contribution in [2.75, 3.05) is 37.7 Å². The van der Waals surface area contributed by atoms with Gasteiger partial charge in [0, 0.05) is 30.8 Å². The van der Waals surface area contributed by atoms with E-state index in [4.69, 9.17) is 19.9 Å². The zero-order valence-corrected chi connectivity index (χ0v) is 38.7. The van der Waals surface area contributed by atoms with Crippen LogP contribution in [0.4, 0.5) is 21.0 Å². The van der Waals surface area contributed by atoms with Gasteiger partial charge in [-0.3, -0.25) is 29.4 Å². The molecule has 0 unspecified atom stereocenters. The van der Waals surface area contributed by atoms with Gasteiger partial charge in [0.25, 0.3) is 5.69 Å². The average molecular weight is 961 g/mol. The molecule has 4 aliphatic heterocycles. The maximum atomic E-state index is 16.7. The third-order valence-electron chi connectivity index (χ3n) is 13.7. The lowest BCUT2D eigenvalue weighted by Crippen LogP contribution is -2.56. The highest BCUT2D eigenvalue weighted by molar-refractivity contribution is 6.23. The Morgan fingerprint density at radius 3 is 2.18 bits per heavy atom. The highest BCUT2D eigenvalue weighted by Crippen LogP contribution is 2.66. The number of aliphatic hydroxyl groups excluding tert-OH is 1. The number of nitrogens with one attached hydrogen (secondary N) is 1. The number of cyclic esters (lactones) is 1. The summed E-state index contributed by atoms with van der Waals surface area (Å²) < 4.78 is 18.5. The third-order valence-corrected chi connectivity index (χ3v) is 13.7. The summed E-state index contributed by atoms with van der Waals surface area (Å²) in [5.74, 6) is 2.68. The number of nitro groups is 1. The van der Waals surface area contributed by atoms with Gasteiger partial charge in [0.2, 0.25) is 11.8 Å². The van der Waals surface area contributed by atoms with Crippen LogP contribution in [0, 0.1) is 27.9 Å². The lowest BCUT2D eigenvalue weighted by molar-refractivity contribution is -0.384. The maximum absolute atomic E-state index is 16.7. The number of likely N-dealkylation sites (tertiary alicyclic amines) is 1. The first-order chi connectivity index (χ1) is 34.5. The number of anilines is 1.